The molecule has 0 saturated heterocycles. The van der Waals surface area contributed by atoms with Gasteiger partial charge in [-0.15, -0.1) is 0 Å². The molecule has 16 heavy (non-hydrogen) atoms. The Morgan fingerprint density at radius 2 is 2.31 bits per heavy atom. The first-order valence-electron chi connectivity index (χ1n) is 5.06. The molecule has 0 atom stereocenters. The Hall–Kier alpha value is -1.13. The fourth-order valence-electron chi connectivity index (χ4n) is 1.29. The van der Waals surface area contributed by atoms with Gasteiger partial charge in [0.15, 0.2) is 0 Å². The van der Waals surface area contributed by atoms with Crippen LogP contribution in [0.5, 0.6) is 0 Å². The fraction of sp³-hybridized carbons (Fsp3) is 0.455. The van der Waals surface area contributed by atoms with Crippen molar-refractivity contribution in [3.63, 3.8) is 0 Å². The second kappa shape index (κ2) is 6.45. The van der Waals surface area contributed by atoms with E-state index in [-0.39, 0.29) is 12.5 Å². The second-order valence-corrected chi connectivity index (χ2v) is 3.72. The van der Waals surface area contributed by atoms with Crippen LogP contribution in [0.3, 0.4) is 0 Å². The number of rotatable bonds is 5. The van der Waals surface area contributed by atoms with E-state index in [1.165, 1.54) is 7.11 Å². The van der Waals surface area contributed by atoms with Crippen LogP contribution in [0.2, 0.25) is 5.15 Å². The van der Waals surface area contributed by atoms with Crippen molar-refractivity contribution >= 4 is 17.6 Å². The van der Waals surface area contributed by atoms with Gasteiger partial charge >= 0.3 is 5.97 Å². The van der Waals surface area contributed by atoms with Crippen LogP contribution in [0.4, 0.5) is 0 Å². The van der Waals surface area contributed by atoms with E-state index in [1.807, 2.05) is 24.0 Å². The quantitative estimate of drug-likeness (QED) is 0.583. The normalized spacial score (nSPS) is 10.5. The summed E-state index contributed by atoms with van der Waals surface area (Å²) in [6.45, 7) is 3.59. The zero-order chi connectivity index (χ0) is 12.0. The van der Waals surface area contributed by atoms with Crippen molar-refractivity contribution in [1.29, 1.82) is 0 Å². The molecule has 0 radical (unpaired) electrons. The molecule has 1 heterocycles. The molecular formula is C11H15ClN2O2. The largest absolute Gasteiger partial charge is 0.468 e. The van der Waals surface area contributed by atoms with Crippen LogP contribution in [0.15, 0.2) is 18.2 Å². The maximum absolute atomic E-state index is 11.1. The van der Waals surface area contributed by atoms with Crippen molar-refractivity contribution in [3.8, 4) is 0 Å². The Labute approximate surface area is 100 Å². The van der Waals surface area contributed by atoms with Crippen molar-refractivity contribution in [2.24, 2.45) is 0 Å². The van der Waals surface area contributed by atoms with Gasteiger partial charge in [-0.25, -0.2) is 4.98 Å². The second-order valence-electron chi connectivity index (χ2n) is 3.33. The SMILES string of the molecule is CCN(CC(=O)OC)Cc1cccc(Cl)n1. The van der Waals surface area contributed by atoms with Crippen LogP contribution in [-0.4, -0.2) is 36.1 Å². The maximum Gasteiger partial charge on any atom is 0.319 e. The van der Waals surface area contributed by atoms with E-state index in [2.05, 4.69) is 9.72 Å². The molecule has 0 amide bonds. The molecule has 0 spiro atoms. The third-order valence-corrected chi connectivity index (χ3v) is 2.40. The van der Waals surface area contributed by atoms with Crippen molar-refractivity contribution in [1.82, 2.24) is 9.88 Å². The molecule has 0 aliphatic rings. The molecule has 1 aromatic heterocycles. The Balaban J connectivity index is 2.59. The molecule has 88 valence electrons. The number of methoxy groups -OCH3 is 1. The third kappa shape index (κ3) is 4.16. The van der Waals surface area contributed by atoms with E-state index in [0.29, 0.717) is 11.7 Å². The van der Waals surface area contributed by atoms with Crippen LogP contribution in [-0.2, 0) is 16.1 Å². The number of likely N-dealkylation sites (N-methyl/N-ethyl adjacent to an activating group) is 1. The average Bonchev–Trinajstić information content (AvgIpc) is 2.28. The van der Waals surface area contributed by atoms with Crippen molar-refractivity contribution in [3.05, 3.63) is 29.0 Å². The molecule has 1 rings (SSSR count). The topological polar surface area (TPSA) is 42.4 Å². The number of ether oxygens (including phenoxy) is 1. The first-order valence-corrected chi connectivity index (χ1v) is 5.44. The summed E-state index contributed by atoms with van der Waals surface area (Å²) in [5.74, 6) is -0.246. The van der Waals surface area contributed by atoms with Crippen molar-refractivity contribution in [2.75, 3.05) is 20.2 Å². The first kappa shape index (κ1) is 12.9. The van der Waals surface area contributed by atoms with Gasteiger partial charge in [-0.05, 0) is 18.7 Å². The number of hydrogen-bond donors (Lipinski definition) is 0. The smallest absolute Gasteiger partial charge is 0.319 e. The van der Waals surface area contributed by atoms with Gasteiger partial charge in [0.1, 0.15) is 5.15 Å². The highest BCUT2D eigenvalue weighted by Crippen LogP contribution is 2.07. The lowest BCUT2D eigenvalue weighted by Crippen LogP contribution is -2.30. The molecule has 0 bridgehead atoms. The molecule has 4 nitrogen and oxygen atoms in total. The van der Waals surface area contributed by atoms with Gasteiger partial charge in [0.2, 0.25) is 0 Å². The number of carbonyl (C=O) groups is 1. The van der Waals surface area contributed by atoms with E-state index in [1.54, 1.807) is 6.07 Å². The summed E-state index contributed by atoms with van der Waals surface area (Å²) in [5.41, 5.74) is 0.846. The Morgan fingerprint density at radius 3 is 2.88 bits per heavy atom. The summed E-state index contributed by atoms with van der Waals surface area (Å²) in [6, 6.07) is 5.45. The minimum atomic E-state index is -0.246. The van der Waals surface area contributed by atoms with Gasteiger partial charge in [-0.2, -0.15) is 0 Å². The zero-order valence-electron chi connectivity index (χ0n) is 9.44. The summed E-state index contributed by atoms with van der Waals surface area (Å²) in [6.07, 6.45) is 0. The zero-order valence-corrected chi connectivity index (χ0v) is 10.2. The average molecular weight is 243 g/mol. The van der Waals surface area contributed by atoms with E-state index in [9.17, 15) is 4.79 Å². The lowest BCUT2D eigenvalue weighted by molar-refractivity contribution is -0.142. The van der Waals surface area contributed by atoms with E-state index >= 15 is 0 Å². The number of halogens is 1. The number of pyridine rings is 1. The summed E-state index contributed by atoms with van der Waals surface area (Å²) in [7, 11) is 1.38. The van der Waals surface area contributed by atoms with Crippen molar-refractivity contribution < 1.29 is 9.53 Å². The van der Waals surface area contributed by atoms with Crippen LogP contribution < -0.4 is 0 Å². The number of aromatic nitrogens is 1. The van der Waals surface area contributed by atoms with Crippen LogP contribution >= 0.6 is 11.6 Å². The first-order chi connectivity index (χ1) is 7.65. The number of carbonyl (C=O) groups excluding carboxylic acids is 1. The number of esters is 1. The molecule has 0 N–H and O–H groups in total. The highest BCUT2D eigenvalue weighted by atomic mass is 35.5. The molecule has 5 heteroatoms. The Kier molecular flexibility index (Phi) is 5.22. The third-order valence-electron chi connectivity index (χ3n) is 2.19. The van der Waals surface area contributed by atoms with Crippen LogP contribution in [0.1, 0.15) is 12.6 Å². The van der Waals surface area contributed by atoms with Crippen molar-refractivity contribution in [2.45, 2.75) is 13.5 Å². The minimum Gasteiger partial charge on any atom is -0.468 e. The highest BCUT2D eigenvalue weighted by Gasteiger charge is 2.10. The summed E-state index contributed by atoms with van der Waals surface area (Å²) >= 11 is 5.78. The van der Waals surface area contributed by atoms with E-state index < -0.39 is 0 Å². The van der Waals surface area contributed by atoms with Crippen LogP contribution in [0.25, 0.3) is 0 Å². The molecule has 0 aliphatic carbocycles. The number of hydrogen-bond acceptors (Lipinski definition) is 4. The number of nitrogens with zero attached hydrogens (tertiary/aromatic N) is 2. The van der Waals surface area contributed by atoms with E-state index in [0.717, 1.165) is 12.2 Å². The summed E-state index contributed by atoms with van der Waals surface area (Å²) in [5, 5.41) is 0.464. The molecular weight excluding hydrogens is 228 g/mol. The molecule has 0 aliphatic heterocycles. The van der Waals surface area contributed by atoms with Gasteiger partial charge in [0.25, 0.3) is 0 Å². The van der Waals surface area contributed by atoms with Gasteiger partial charge < -0.3 is 4.74 Å². The van der Waals surface area contributed by atoms with Gasteiger partial charge in [0.05, 0.1) is 19.3 Å². The lowest BCUT2D eigenvalue weighted by atomic mass is 10.3. The van der Waals surface area contributed by atoms with Gasteiger partial charge in [-0.1, -0.05) is 24.6 Å². The fourth-order valence-corrected chi connectivity index (χ4v) is 1.48. The van der Waals surface area contributed by atoms with Crippen LogP contribution in [0, 0.1) is 0 Å². The summed E-state index contributed by atoms with van der Waals surface area (Å²) in [4.78, 5) is 17.2. The molecule has 0 aromatic carbocycles. The molecule has 0 saturated carbocycles. The molecule has 0 unspecified atom stereocenters. The predicted octanol–water partition coefficient (Wildman–Crippen LogP) is 1.73. The minimum absolute atomic E-state index is 0.246. The maximum atomic E-state index is 11.1. The van der Waals surface area contributed by atoms with Gasteiger partial charge in [-0.3, -0.25) is 9.69 Å². The highest BCUT2D eigenvalue weighted by molar-refractivity contribution is 6.29. The monoisotopic (exact) mass is 242 g/mol. The summed E-state index contributed by atoms with van der Waals surface area (Å²) < 4.78 is 4.62. The Bertz CT molecular complexity index is 358. The predicted molar refractivity (Wildman–Crippen MR) is 62.2 cm³/mol. The molecule has 0 fully saturated rings. The lowest BCUT2D eigenvalue weighted by Gasteiger charge is -2.18. The van der Waals surface area contributed by atoms with Gasteiger partial charge in [0, 0.05) is 6.54 Å². The Morgan fingerprint density at radius 1 is 1.56 bits per heavy atom. The van der Waals surface area contributed by atoms with E-state index in [4.69, 9.17) is 11.6 Å². The molecule has 1 aromatic rings. The standard InChI is InChI=1S/C11H15ClN2O2/c1-3-14(8-11(15)16-2)7-9-5-4-6-10(12)13-9/h4-6H,3,7-8H2,1-2H3.